The third-order valence-corrected chi connectivity index (χ3v) is 2.09. The van der Waals surface area contributed by atoms with E-state index < -0.39 is 0 Å². The molecule has 1 aromatic heterocycles. The first kappa shape index (κ1) is 11.1. The molecule has 0 aliphatic rings. The van der Waals surface area contributed by atoms with Crippen LogP contribution in [-0.2, 0) is 11.2 Å². The highest BCUT2D eigenvalue weighted by molar-refractivity contribution is 5.05. The van der Waals surface area contributed by atoms with Crippen LogP contribution in [0.25, 0.3) is 0 Å². The second-order valence-corrected chi connectivity index (χ2v) is 3.87. The Morgan fingerprint density at radius 3 is 2.64 bits per heavy atom. The van der Waals surface area contributed by atoms with E-state index in [9.17, 15) is 0 Å². The van der Waals surface area contributed by atoms with Crippen LogP contribution in [0.4, 0.5) is 0 Å². The van der Waals surface area contributed by atoms with Gasteiger partial charge in [0.1, 0.15) is 5.82 Å². The number of hydrogen-bond acceptors (Lipinski definition) is 3. The zero-order chi connectivity index (χ0) is 10.6. The molecule has 1 atom stereocenters. The second kappa shape index (κ2) is 5.05. The SMILES string of the molecule is COC(C)c1ccnc(CC(C)C)n1. The van der Waals surface area contributed by atoms with Crippen molar-refractivity contribution in [2.75, 3.05) is 7.11 Å². The average Bonchev–Trinajstić information content (AvgIpc) is 2.16. The fourth-order valence-corrected chi connectivity index (χ4v) is 1.23. The second-order valence-electron chi connectivity index (χ2n) is 3.87. The Morgan fingerprint density at radius 1 is 1.36 bits per heavy atom. The standard InChI is InChI=1S/C11H18N2O/c1-8(2)7-11-12-6-5-10(13-11)9(3)14-4/h5-6,8-9H,7H2,1-4H3. The van der Waals surface area contributed by atoms with Crippen LogP contribution in [-0.4, -0.2) is 17.1 Å². The summed E-state index contributed by atoms with van der Waals surface area (Å²) in [6, 6.07) is 1.90. The first-order valence-electron chi connectivity index (χ1n) is 4.98. The third kappa shape index (κ3) is 3.07. The van der Waals surface area contributed by atoms with Crippen molar-refractivity contribution >= 4 is 0 Å². The highest BCUT2D eigenvalue weighted by Crippen LogP contribution is 2.13. The molecule has 0 spiro atoms. The van der Waals surface area contributed by atoms with Crippen LogP contribution in [0.3, 0.4) is 0 Å². The maximum atomic E-state index is 5.21. The maximum Gasteiger partial charge on any atom is 0.128 e. The van der Waals surface area contributed by atoms with Crippen molar-refractivity contribution in [1.82, 2.24) is 9.97 Å². The van der Waals surface area contributed by atoms with Gasteiger partial charge in [-0.1, -0.05) is 13.8 Å². The summed E-state index contributed by atoms with van der Waals surface area (Å²) in [4.78, 5) is 8.68. The van der Waals surface area contributed by atoms with E-state index in [0.29, 0.717) is 5.92 Å². The lowest BCUT2D eigenvalue weighted by atomic mass is 10.1. The third-order valence-electron chi connectivity index (χ3n) is 2.09. The first-order chi connectivity index (χ1) is 6.63. The van der Waals surface area contributed by atoms with Crippen LogP contribution >= 0.6 is 0 Å². The van der Waals surface area contributed by atoms with Crippen molar-refractivity contribution in [2.24, 2.45) is 5.92 Å². The molecule has 78 valence electrons. The summed E-state index contributed by atoms with van der Waals surface area (Å²) < 4.78 is 5.21. The molecule has 0 saturated heterocycles. The van der Waals surface area contributed by atoms with E-state index in [4.69, 9.17) is 4.74 Å². The minimum absolute atomic E-state index is 0.0453. The predicted octanol–water partition coefficient (Wildman–Crippen LogP) is 2.38. The molecule has 0 aliphatic carbocycles. The summed E-state index contributed by atoms with van der Waals surface area (Å²) in [6.45, 7) is 6.31. The van der Waals surface area contributed by atoms with Crippen LogP contribution in [0.1, 0.15) is 38.4 Å². The molecule has 0 aliphatic heterocycles. The molecular weight excluding hydrogens is 176 g/mol. The topological polar surface area (TPSA) is 35.0 Å². The molecule has 0 saturated carbocycles. The molecule has 0 N–H and O–H groups in total. The van der Waals surface area contributed by atoms with Crippen LogP contribution in [0.5, 0.6) is 0 Å². The lowest BCUT2D eigenvalue weighted by Crippen LogP contribution is -2.06. The molecule has 1 unspecified atom stereocenters. The van der Waals surface area contributed by atoms with Crippen LogP contribution in [0.15, 0.2) is 12.3 Å². The van der Waals surface area contributed by atoms with Gasteiger partial charge in [-0.25, -0.2) is 9.97 Å². The highest BCUT2D eigenvalue weighted by Gasteiger charge is 2.07. The molecule has 1 aromatic rings. The fraction of sp³-hybridized carbons (Fsp3) is 0.636. The monoisotopic (exact) mass is 194 g/mol. The number of hydrogen-bond donors (Lipinski definition) is 0. The maximum absolute atomic E-state index is 5.21. The van der Waals surface area contributed by atoms with Crippen LogP contribution < -0.4 is 0 Å². The van der Waals surface area contributed by atoms with E-state index in [1.54, 1.807) is 13.3 Å². The van der Waals surface area contributed by atoms with E-state index in [0.717, 1.165) is 17.9 Å². The number of methoxy groups -OCH3 is 1. The smallest absolute Gasteiger partial charge is 0.128 e. The van der Waals surface area contributed by atoms with Gasteiger partial charge in [0.15, 0.2) is 0 Å². The molecule has 3 nitrogen and oxygen atoms in total. The van der Waals surface area contributed by atoms with Gasteiger partial charge in [-0.05, 0) is 18.9 Å². The van der Waals surface area contributed by atoms with Crippen molar-refractivity contribution in [3.8, 4) is 0 Å². The summed E-state index contributed by atoms with van der Waals surface area (Å²) in [5.74, 6) is 1.49. The van der Waals surface area contributed by atoms with Crippen LogP contribution in [0.2, 0.25) is 0 Å². The predicted molar refractivity (Wildman–Crippen MR) is 56.0 cm³/mol. The molecule has 0 radical (unpaired) electrons. The molecule has 1 heterocycles. The number of nitrogens with zero attached hydrogens (tertiary/aromatic N) is 2. The van der Waals surface area contributed by atoms with Crippen molar-refractivity contribution in [2.45, 2.75) is 33.3 Å². The summed E-state index contributed by atoms with van der Waals surface area (Å²) in [5.41, 5.74) is 0.957. The van der Waals surface area contributed by atoms with Gasteiger partial charge in [-0.2, -0.15) is 0 Å². The molecule has 0 aromatic carbocycles. The Hall–Kier alpha value is -0.960. The Labute approximate surface area is 85.5 Å². The van der Waals surface area contributed by atoms with Gasteiger partial charge >= 0.3 is 0 Å². The molecule has 3 heteroatoms. The van der Waals surface area contributed by atoms with Crippen molar-refractivity contribution in [1.29, 1.82) is 0 Å². The minimum Gasteiger partial charge on any atom is -0.375 e. The van der Waals surface area contributed by atoms with E-state index in [-0.39, 0.29) is 6.10 Å². The summed E-state index contributed by atoms with van der Waals surface area (Å²) in [5, 5.41) is 0. The van der Waals surface area contributed by atoms with Gasteiger partial charge in [0.2, 0.25) is 0 Å². The zero-order valence-electron chi connectivity index (χ0n) is 9.32. The van der Waals surface area contributed by atoms with Crippen LogP contribution in [0, 0.1) is 5.92 Å². The van der Waals surface area contributed by atoms with Gasteiger partial charge < -0.3 is 4.74 Å². The van der Waals surface area contributed by atoms with Gasteiger partial charge in [0, 0.05) is 19.7 Å². The molecule has 14 heavy (non-hydrogen) atoms. The zero-order valence-corrected chi connectivity index (χ0v) is 9.32. The quantitative estimate of drug-likeness (QED) is 0.738. The van der Waals surface area contributed by atoms with Crippen molar-refractivity contribution < 1.29 is 4.74 Å². The van der Waals surface area contributed by atoms with Crippen molar-refractivity contribution in [3.05, 3.63) is 23.8 Å². The largest absolute Gasteiger partial charge is 0.375 e. The molecule has 0 fully saturated rings. The highest BCUT2D eigenvalue weighted by atomic mass is 16.5. The molecule has 1 rings (SSSR count). The van der Waals surface area contributed by atoms with Gasteiger partial charge in [-0.3, -0.25) is 0 Å². The van der Waals surface area contributed by atoms with Gasteiger partial charge in [0.05, 0.1) is 11.8 Å². The molecule has 0 amide bonds. The van der Waals surface area contributed by atoms with E-state index in [2.05, 4.69) is 23.8 Å². The summed E-state index contributed by atoms with van der Waals surface area (Å²) in [7, 11) is 1.69. The molecular formula is C11H18N2O. The normalized spacial score (nSPS) is 13.2. The van der Waals surface area contributed by atoms with E-state index in [1.165, 1.54) is 0 Å². The number of rotatable bonds is 4. The first-order valence-corrected chi connectivity index (χ1v) is 4.98. The van der Waals surface area contributed by atoms with E-state index >= 15 is 0 Å². The van der Waals surface area contributed by atoms with E-state index in [1.807, 2.05) is 13.0 Å². The van der Waals surface area contributed by atoms with Crippen molar-refractivity contribution in [3.63, 3.8) is 0 Å². The molecule has 0 bridgehead atoms. The Balaban J connectivity index is 2.78. The Bertz CT molecular complexity index is 286. The minimum atomic E-state index is 0.0453. The lowest BCUT2D eigenvalue weighted by Gasteiger charge is -2.10. The number of ether oxygens (including phenoxy) is 1. The van der Waals surface area contributed by atoms with Gasteiger partial charge in [-0.15, -0.1) is 0 Å². The average molecular weight is 194 g/mol. The fourth-order valence-electron chi connectivity index (χ4n) is 1.23. The lowest BCUT2D eigenvalue weighted by molar-refractivity contribution is 0.115. The Morgan fingerprint density at radius 2 is 2.07 bits per heavy atom. The summed E-state index contributed by atoms with van der Waals surface area (Å²) in [6.07, 6.45) is 2.77. The Kier molecular flexibility index (Phi) is 4.01. The summed E-state index contributed by atoms with van der Waals surface area (Å²) >= 11 is 0. The van der Waals surface area contributed by atoms with Gasteiger partial charge in [0.25, 0.3) is 0 Å². The number of aromatic nitrogens is 2.